The first-order valence-electron chi connectivity index (χ1n) is 10.7. The van der Waals surface area contributed by atoms with Gasteiger partial charge in [-0.1, -0.05) is 77.0 Å². The fraction of sp³-hybridized carbons (Fsp3) is 0.160. The standard InChI is InChI=1S/C25H20Cl2N4OS2/c26-18-13-20-22(14-19(18)27)33-24(30-20)28-11-10-15-6-8-17(9-7-15)29-25-31-21(23(32)34-25)12-16-4-2-1-3-5-16/h1-9,13-14,21H,10-12H2,(H,28,30)(H,29,31)/t21-/m0/s1. The highest BCUT2D eigenvalue weighted by Crippen LogP contribution is 2.33. The van der Waals surface area contributed by atoms with Crippen molar-refractivity contribution in [3.05, 3.63) is 87.9 Å². The second-order valence-corrected chi connectivity index (χ2v) is 10.7. The Bertz CT molecular complexity index is 1320. The summed E-state index contributed by atoms with van der Waals surface area (Å²) in [5.74, 6) is 0. The van der Waals surface area contributed by atoms with Crippen LogP contribution in [-0.4, -0.2) is 27.9 Å². The molecule has 34 heavy (non-hydrogen) atoms. The molecule has 1 aromatic heterocycles. The van der Waals surface area contributed by atoms with Gasteiger partial charge in [-0.05, 0) is 53.6 Å². The Labute approximate surface area is 215 Å². The number of aromatic nitrogens is 1. The Morgan fingerprint density at radius 2 is 1.76 bits per heavy atom. The smallest absolute Gasteiger partial charge is 0.219 e. The van der Waals surface area contributed by atoms with Gasteiger partial charge in [0.05, 0.1) is 25.9 Å². The van der Waals surface area contributed by atoms with Gasteiger partial charge < -0.3 is 10.6 Å². The SMILES string of the molecule is O=C1S/C(=N\c2ccc(CCNc3nc4cc(Cl)c(Cl)cc4s3)cc2)N[C@H]1Cc1ccccc1. The summed E-state index contributed by atoms with van der Waals surface area (Å²) in [5.41, 5.74) is 3.98. The van der Waals surface area contributed by atoms with E-state index >= 15 is 0 Å². The van der Waals surface area contributed by atoms with E-state index in [0.717, 1.165) is 39.6 Å². The molecule has 0 aliphatic carbocycles. The maximum Gasteiger partial charge on any atom is 0.219 e. The molecule has 0 bridgehead atoms. The molecule has 1 saturated heterocycles. The molecule has 1 fully saturated rings. The molecular weight excluding hydrogens is 507 g/mol. The molecule has 172 valence electrons. The van der Waals surface area contributed by atoms with Crippen molar-refractivity contribution in [1.29, 1.82) is 0 Å². The number of nitrogens with one attached hydrogen (secondary N) is 2. The zero-order valence-electron chi connectivity index (χ0n) is 17.9. The van der Waals surface area contributed by atoms with Gasteiger partial charge in [-0.25, -0.2) is 9.98 Å². The van der Waals surface area contributed by atoms with Crippen molar-refractivity contribution >= 4 is 77.6 Å². The number of carbonyl (C=O) groups excluding carboxylic acids is 1. The number of amidine groups is 1. The zero-order valence-corrected chi connectivity index (χ0v) is 21.1. The largest absolute Gasteiger partial charge is 0.361 e. The van der Waals surface area contributed by atoms with Crippen LogP contribution in [0.1, 0.15) is 11.1 Å². The van der Waals surface area contributed by atoms with E-state index in [-0.39, 0.29) is 11.2 Å². The minimum absolute atomic E-state index is 0.102. The number of thiazole rings is 1. The molecule has 0 saturated carbocycles. The number of hydrogen-bond acceptors (Lipinski definition) is 6. The molecule has 0 radical (unpaired) electrons. The van der Waals surface area contributed by atoms with Crippen LogP contribution in [-0.2, 0) is 17.6 Å². The van der Waals surface area contributed by atoms with Crippen LogP contribution in [0.4, 0.5) is 10.8 Å². The predicted octanol–water partition coefficient (Wildman–Crippen LogP) is 6.72. The number of hydrogen-bond donors (Lipinski definition) is 2. The first-order valence-corrected chi connectivity index (χ1v) is 13.1. The van der Waals surface area contributed by atoms with E-state index in [4.69, 9.17) is 23.2 Å². The Hall–Kier alpha value is -2.58. The molecule has 5 rings (SSSR count). The van der Waals surface area contributed by atoms with Crippen LogP contribution in [0.3, 0.4) is 0 Å². The summed E-state index contributed by atoms with van der Waals surface area (Å²) in [6, 6.07) is 21.5. The average molecular weight is 528 g/mol. The highest BCUT2D eigenvalue weighted by atomic mass is 35.5. The number of halogens is 2. The lowest BCUT2D eigenvalue weighted by molar-refractivity contribution is -0.112. The molecule has 3 aromatic carbocycles. The maximum absolute atomic E-state index is 12.4. The summed E-state index contributed by atoms with van der Waals surface area (Å²) in [5, 5.41) is 9.26. The summed E-state index contributed by atoms with van der Waals surface area (Å²) in [6.45, 7) is 0.752. The van der Waals surface area contributed by atoms with Crippen molar-refractivity contribution in [3.63, 3.8) is 0 Å². The topological polar surface area (TPSA) is 66.4 Å². The molecule has 2 heterocycles. The van der Waals surface area contributed by atoms with E-state index in [1.807, 2.05) is 48.5 Å². The fourth-order valence-electron chi connectivity index (χ4n) is 3.61. The molecule has 0 spiro atoms. The van der Waals surface area contributed by atoms with E-state index in [2.05, 4.69) is 32.7 Å². The van der Waals surface area contributed by atoms with Crippen LogP contribution in [0.5, 0.6) is 0 Å². The van der Waals surface area contributed by atoms with Gasteiger partial charge in [0.15, 0.2) is 10.3 Å². The van der Waals surface area contributed by atoms with Crippen LogP contribution in [0.2, 0.25) is 10.0 Å². The summed E-state index contributed by atoms with van der Waals surface area (Å²) in [7, 11) is 0. The van der Waals surface area contributed by atoms with Gasteiger partial charge in [-0.15, -0.1) is 0 Å². The second kappa shape index (κ2) is 10.4. The summed E-state index contributed by atoms with van der Waals surface area (Å²) in [6.07, 6.45) is 1.51. The normalized spacial score (nSPS) is 16.8. The number of rotatable bonds is 7. The molecular formula is C25H20Cl2N4OS2. The van der Waals surface area contributed by atoms with Gasteiger partial charge in [0.1, 0.15) is 6.04 Å². The van der Waals surface area contributed by atoms with Gasteiger partial charge in [-0.2, -0.15) is 0 Å². The van der Waals surface area contributed by atoms with Crippen molar-refractivity contribution in [3.8, 4) is 0 Å². The molecule has 2 N–H and O–H groups in total. The van der Waals surface area contributed by atoms with Crippen LogP contribution in [0, 0.1) is 0 Å². The van der Waals surface area contributed by atoms with E-state index in [1.165, 1.54) is 17.3 Å². The highest BCUT2D eigenvalue weighted by Gasteiger charge is 2.29. The first kappa shape index (κ1) is 23.2. The van der Waals surface area contributed by atoms with E-state index in [0.29, 0.717) is 21.6 Å². The highest BCUT2D eigenvalue weighted by molar-refractivity contribution is 8.27. The van der Waals surface area contributed by atoms with Crippen molar-refractivity contribution in [2.24, 2.45) is 4.99 Å². The van der Waals surface area contributed by atoms with Crippen molar-refractivity contribution in [1.82, 2.24) is 10.3 Å². The lowest BCUT2D eigenvalue weighted by Gasteiger charge is -2.08. The average Bonchev–Trinajstić information content (AvgIpc) is 3.37. The molecule has 1 aliphatic heterocycles. The Morgan fingerprint density at radius 1 is 1.00 bits per heavy atom. The Kier molecular flexibility index (Phi) is 7.06. The molecule has 0 unspecified atom stereocenters. The molecule has 1 atom stereocenters. The third-order valence-corrected chi connectivity index (χ3v) is 7.94. The minimum Gasteiger partial charge on any atom is -0.361 e. The van der Waals surface area contributed by atoms with Crippen molar-refractivity contribution in [2.45, 2.75) is 18.9 Å². The number of thioether (sulfide) groups is 1. The zero-order chi connectivity index (χ0) is 23.5. The summed E-state index contributed by atoms with van der Waals surface area (Å²) in [4.78, 5) is 21.5. The number of nitrogens with zero attached hydrogens (tertiary/aromatic N) is 2. The van der Waals surface area contributed by atoms with E-state index < -0.39 is 0 Å². The van der Waals surface area contributed by atoms with Gasteiger partial charge in [0.25, 0.3) is 0 Å². The van der Waals surface area contributed by atoms with Crippen molar-refractivity contribution < 1.29 is 4.79 Å². The number of benzene rings is 3. The van der Waals surface area contributed by atoms with Crippen LogP contribution in [0.15, 0.2) is 71.7 Å². The van der Waals surface area contributed by atoms with E-state index in [9.17, 15) is 4.79 Å². The molecule has 4 aromatic rings. The Balaban J connectivity index is 1.15. The molecule has 0 amide bonds. The fourth-order valence-corrected chi connectivity index (χ4v) is 5.74. The third kappa shape index (κ3) is 5.55. The van der Waals surface area contributed by atoms with Gasteiger partial charge >= 0.3 is 0 Å². The number of fused-ring (bicyclic) bond motifs is 1. The van der Waals surface area contributed by atoms with Crippen LogP contribution >= 0.6 is 46.3 Å². The van der Waals surface area contributed by atoms with Gasteiger partial charge in [-0.3, -0.25) is 4.79 Å². The van der Waals surface area contributed by atoms with Crippen LogP contribution in [0.25, 0.3) is 10.2 Å². The molecule has 9 heteroatoms. The predicted molar refractivity (Wildman–Crippen MR) is 145 cm³/mol. The Morgan fingerprint density at radius 3 is 2.56 bits per heavy atom. The maximum atomic E-state index is 12.4. The molecule has 1 aliphatic rings. The van der Waals surface area contributed by atoms with Gasteiger partial charge in [0.2, 0.25) is 5.12 Å². The van der Waals surface area contributed by atoms with Gasteiger partial charge in [0, 0.05) is 13.0 Å². The quantitative estimate of drug-likeness (QED) is 0.279. The van der Waals surface area contributed by atoms with E-state index in [1.54, 1.807) is 17.4 Å². The minimum atomic E-state index is -0.244. The monoisotopic (exact) mass is 526 g/mol. The van der Waals surface area contributed by atoms with Crippen molar-refractivity contribution in [2.75, 3.05) is 11.9 Å². The first-order chi connectivity index (χ1) is 16.5. The second-order valence-electron chi connectivity index (χ2n) is 7.82. The number of aliphatic imine (C=N–C) groups is 1. The number of anilines is 1. The summed E-state index contributed by atoms with van der Waals surface area (Å²) >= 11 is 14.9. The molecule has 5 nitrogen and oxygen atoms in total. The summed E-state index contributed by atoms with van der Waals surface area (Å²) < 4.78 is 1.00. The number of carbonyl (C=O) groups is 1. The van der Waals surface area contributed by atoms with Crippen LogP contribution < -0.4 is 10.6 Å². The third-order valence-electron chi connectivity index (χ3n) is 5.35. The lowest BCUT2D eigenvalue weighted by Crippen LogP contribution is -2.31. The lowest BCUT2D eigenvalue weighted by atomic mass is 10.1.